The Morgan fingerprint density at radius 2 is 1.95 bits per heavy atom. The Morgan fingerprint density at radius 1 is 1.42 bits per heavy atom. The van der Waals surface area contributed by atoms with Crippen molar-refractivity contribution < 1.29 is 14.7 Å². The molecule has 0 aliphatic carbocycles. The number of carbonyl (C=O) groups is 2. The standard InChI is InChI=1S/C10H7BrN2OS.C2H4O2/c11-7-3-1-6(2-4-7)5-8-9(14)13-10(12)15-8;1-2(3)4/h1-5H,(H2,12,13,14);1H3,(H,3,4)/b8-5+;. The summed E-state index contributed by atoms with van der Waals surface area (Å²) in [6.07, 6.45) is 1.78. The van der Waals surface area contributed by atoms with Gasteiger partial charge < -0.3 is 10.8 Å². The van der Waals surface area contributed by atoms with Crippen LogP contribution in [0.25, 0.3) is 6.08 Å². The van der Waals surface area contributed by atoms with E-state index in [4.69, 9.17) is 15.6 Å². The molecular weight excluding hydrogens is 332 g/mol. The fourth-order valence-corrected chi connectivity index (χ4v) is 2.08. The van der Waals surface area contributed by atoms with Gasteiger partial charge in [-0.25, -0.2) is 0 Å². The smallest absolute Gasteiger partial charge is 0.300 e. The van der Waals surface area contributed by atoms with Crippen molar-refractivity contribution in [3.05, 3.63) is 39.2 Å². The second-order valence-corrected chi connectivity index (χ2v) is 5.41. The molecule has 0 atom stereocenters. The first-order chi connectivity index (χ1) is 8.88. The SMILES string of the molecule is CC(=O)O.NC1=NC(=O)/C(=C\c2ccc(Br)cc2)S1. The van der Waals surface area contributed by atoms with Gasteiger partial charge in [-0.05, 0) is 35.5 Å². The highest BCUT2D eigenvalue weighted by Gasteiger charge is 2.19. The van der Waals surface area contributed by atoms with E-state index in [9.17, 15) is 4.79 Å². The van der Waals surface area contributed by atoms with Gasteiger partial charge in [-0.3, -0.25) is 9.59 Å². The highest BCUT2D eigenvalue weighted by Crippen LogP contribution is 2.26. The zero-order valence-electron chi connectivity index (χ0n) is 9.96. The van der Waals surface area contributed by atoms with Crippen molar-refractivity contribution in [2.45, 2.75) is 6.92 Å². The van der Waals surface area contributed by atoms with Crippen LogP contribution in [0.1, 0.15) is 12.5 Å². The Hall–Kier alpha value is -1.60. The number of halogens is 1. The maximum atomic E-state index is 11.3. The molecule has 1 aromatic carbocycles. The number of amidine groups is 1. The topological polar surface area (TPSA) is 92.8 Å². The number of rotatable bonds is 1. The van der Waals surface area contributed by atoms with Crippen molar-refractivity contribution in [2.75, 3.05) is 0 Å². The summed E-state index contributed by atoms with van der Waals surface area (Å²) in [6.45, 7) is 1.08. The Bertz CT molecular complexity index is 549. The van der Waals surface area contributed by atoms with Crippen LogP contribution in [-0.2, 0) is 9.59 Å². The van der Waals surface area contributed by atoms with E-state index < -0.39 is 5.97 Å². The van der Waals surface area contributed by atoms with E-state index in [1.807, 2.05) is 24.3 Å². The molecule has 5 nitrogen and oxygen atoms in total. The van der Waals surface area contributed by atoms with Crippen LogP contribution in [0.5, 0.6) is 0 Å². The first-order valence-electron chi connectivity index (χ1n) is 5.11. The number of nitrogens with zero attached hydrogens (tertiary/aromatic N) is 1. The first kappa shape index (κ1) is 15.5. The number of hydrogen-bond donors (Lipinski definition) is 2. The van der Waals surface area contributed by atoms with Crippen LogP contribution in [0, 0.1) is 0 Å². The summed E-state index contributed by atoms with van der Waals surface area (Å²) in [7, 11) is 0. The summed E-state index contributed by atoms with van der Waals surface area (Å²) < 4.78 is 1.01. The van der Waals surface area contributed by atoms with E-state index >= 15 is 0 Å². The van der Waals surface area contributed by atoms with Crippen LogP contribution in [0.2, 0.25) is 0 Å². The summed E-state index contributed by atoms with van der Waals surface area (Å²) in [4.78, 5) is 24.5. The molecule has 0 aromatic heterocycles. The van der Waals surface area contributed by atoms with Gasteiger partial charge in [-0.1, -0.05) is 28.1 Å². The quantitative estimate of drug-likeness (QED) is 0.764. The largest absolute Gasteiger partial charge is 0.481 e. The Balaban J connectivity index is 0.000000399. The predicted octanol–water partition coefficient (Wildman–Crippen LogP) is 2.47. The zero-order valence-corrected chi connectivity index (χ0v) is 12.4. The monoisotopic (exact) mass is 342 g/mol. The summed E-state index contributed by atoms with van der Waals surface area (Å²) in [5.41, 5.74) is 6.39. The second-order valence-electron chi connectivity index (χ2n) is 3.44. The molecule has 0 radical (unpaired) electrons. The van der Waals surface area contributed by atoms with Crippen molar-refractivity contribution in [3.63, 3.8) is 0 Å². The average Bonchev–Trinajstić information content (AvgIpc) is 2.60. The average molecular weight is 343 g/mol. The van der Waals surface area contributed by atoms with Gasteiger partial charge >= 0.3 is 0 Å². The molecule has 0 saturated heterocycles. The maximum Gasteiger partial charge on any atom is 0.300 e. The molecule has 1 aromatic rings. The third kappa shape index (κ3) is 5.71. The van der Waals surface area contributed by atoms with Crippen molar-refractivity contribution in [1.29, 1.82) is 0 Å². The molecule has 0 bridgehead atoms. The lowest BCUT2D eigenvalue weighted by Gasteiger charge is -1.95. The molecule has 0 saturated carbocycles. The minimum absolute atomic E-state index is 0.264. The number of benzene rings is 1. The fourth-order valence-electron chi connectivity index (χ4n) is 1.14. The number of aliphatic carboxylic acids is 1. The highest BCUT2D eigenvalue weighted by atomic mass is 79.9. The van der Waals surface area contributed by atoms with E-state index in [0.717, 1.165) is 17.0 Å². The number of carboxylic acid groups (broad SMARTS) is 1. The van der Waals surface area contributed by atoms with Crippen molar-refractivity contribution in [3.8, 4) is 0 Å². The molecule has 19 heavy (non-hydrogen) atoms. The van der Waals surface area contributed by atoms with Crippen LogP contribution in [0.4, 0.5) is 0 Å². The number of nitrogens with two attached hydrogens (primary N) is 1. The summed E-state index contributed by atoms with van der Waals surface area (Å²) in [6, 6.07) is 7.67. The van der Waals surface area contributed by atoms with Gasteiger partial charge in [-0.2, -0.15) is 4.99 Å². The highest BCUT2D eigenvalue weighted by molar-refractivity contribution is 9.10. The molecule has 3 N–H and O–H groups in total. The lowest BCUT2D eigenvalue weighted by atomic mass is 10.2. The number of thioether (sulfide) groups is 1. The molecule has 1 heterocycles. The number of hydrogen-bond acceptors (Lipinski definition) is 4. The van der Waals surface area contributed by atoms with E-state index in [0.29, 0.717) is 10.1 Å². The molecule has 7 heteroatoms. The van der Waals surface area contributed by atoms with E-state index in [-0.39, 0.29) is 5.91 Å². The van der Waals surface area contributed by atoms with Crippen LogP contribution in [0.3, 0.4) is 0 Å². The number of aliphatic imine (C=N–C) groups is 1. The van der Waals surface area contributed by atoms with Gasteiger partial charge in [0.25, 0.3) is 11.9 Å². The molecule has 2 rings (SSSR count). The number of carboxylic acids is 1. The molecule has 0 spiro atoms. The fraction of sp³-hybridized carbons (Fsp3) is 0.0833. The normalized spacial score (nSPS) is 15.8. The Labute approximate surface area is 122 Å². The van der Waals surface area contributed by atoms with Gasteiger partial charge in [0.05, 0.1) is 4.91 Å². The lowest BCUT2D eigenvalue weighted by molar-refractivity contribution is -0.134. The van der Waals surface area contributed by atoms with Crippen molar-refractivity contribution in [2.24, 2.45) is 10.7 Å². The van der Waals surface area contributed by atoms with Crippen LogP contribution < -0.4 is 5.73 Å². The second kappa shape index (κ2) is 7.10. The van der Waals surface area contributed by atoms with Gasteiger partial charge in [0.2, 0.25) is 0 Å². The molecule has 100 valence electrons. The molecule has 0 unspecified atom stereocenters. The predicted molar refractivity (Wildman–Crippen MR) is 79.6 cm³/mol. The number of amides is 1. The molecule has 0 fully saturated rings. The summed E-state index contributed by atoms with van der Waals surface area (Å²) in [5, 5.41) is 7.73. The zero-order chi connectivity index (χ0) is 14.4. The Kier molecular flexibility index (Phi) is 5.78. The first-order valence-corrected chi connectivity index (χ1v) is 6.72. The van der Waals surface area contributed by atoms with Gasteiger partial charge in [0, 0.05) is 11.4 Å². The van der Waals surface area contributed by atoms with Crippen molar-refractivity contribution >= 4 is 50.8 Å². The van der Waals surface area contributed by atoms with E-state index in [2.05, 4.69) is 20.9 Å². The van der Waals surface area contributed by atoms with Gasteiger partial charge in [0.1, 0.15) is 0 Å². The molecule has 1 aliphatic rings. The van der Waals surface area contributed by atoms with E-state index in [1.165, 1.54) is 11.8 Å². The lowest BCUT2D eigenvalue weighted by Crippen LogP contribution is -2.01. The minimum atomic E-state index is -0.833. The van der Waals surface area contributed by atoms with Crippen LogP contribution in [-0.4, -0.2) is 22.2 Å². The molecular formula is C12H11BrN2O3S. The third-order valence-corrected chi connectivity index (χ3v) is 3.15. The molecule has 1 amide bonds. The van der Waals surface area contributed by atoms with Gasteiger partial charge in [-0.15, -0.1) is 0 Å². The van der Waals surface area contributed by atoms with Crippen LogP contribution >= 0.6 is 27.7 Å². The molecule has 1 aliphatic heterocycles. The third-order valence-electron chi connectivity index (χ3n) is 1.80. The summed E-state index contributed by atoms with van der Waals surface area (Å²) in [5.74, 6) is -1.10. The number of carbonyl (C=O) groups excluding carboxylic acids is 1. The Morgan fingerprint density at radius 3 is 2.37 bits per heavy atom. The minimum Gasteiger partial charge on any atom is -0.481 e. The van der Waals surface area contributed by atoms with E-state index in [1.54, 1.807) is 6.08 Å². The summed E-state index contributed by atoms with van der Waals surface area (Å²) >= 11 is 4.54. The van der Waals surface area contributed by atoms with Crippen molar-refractivity contribution in [1.82, 2.24) is 0 Å². The maximum absolute atomic E-state index is 11.3. The van der Waals surface area contributed by atoms with Gasteiger partial charge in [0.15, 0.2) is 5.17 Å². The van der Waals surface area contributed by atoms with Crippen LogP contribution in [0.15, 0.2) is 38.6 Å².